The first-order valence-electron chi connectivity index (χ1n) is 5.66. The number of nitrogens with zero attached hydrogens (tertiary/aromatic N) is 2. The smallest absolute Gasteiger partial charge is 0.123 e. The Morgan fingerprint density at radius 1 is 1.69 bits per heavy atom. The topological polar surface area (TPSA) is 64.1 Å². The fraction of sp³-hybridized carbons (Fsp3) is 0.727. The largest absolute Gasteiger partial charge is 0.382 e. The van der Waals surface area contributed by atoms with E-state index in [1.807, 2.05) is 13.8 Å². The van der Waals surface area contributed by atoms with Crippen LogP contribution in [0.2, 0.25) is 5.02 Å². The zero-order chi connectivity index (χ0) is 11.9. The van der Waals surface area contributed by atoms with Gasteiger partial charge in [-0.1, -0.05) is 11.6 Å². The lowest BCUT2D eigenvalue weighted by Gasteiger charge is -2.29. The lowest BCUT2D eigenvalue weighted by Crippen LogP contribution is -2.40. The molecule has 0 aliphatic heterocycles. The van der Waals surface area contributed by atoms with Crippen molar-refractivity contribution in [1.82, 2.24) is 9.78 Å². The summed E-state index contributed by atoms with van der Waals surface area (Å²) < 4.78 is 1.77. The second kappa shape index (κ2) is 4.02. The predicted octanol–water partition coefficient (Wildman–Crippen LogP) is 1.67. The van der Waals surface area contributed by atoms with Crippen molar-refractivity contribution in [3.8, 4) is 0 Å². The highest BCUT2D eigenvalue weighted by atomic mass is 35.5. The van der Waals surface area contributed by atoms with Crippen LogP contribution in [0.25, 0.3) is 0 Å². The number of hydrogen-bond acceptors (Lipinski definition) is 3. The Bertz CT molecular complexity index is 387. The van der Waals surface area contributed by atoms with E-state index in [9.17, 15) is 5.11 Å². The molecule has 1 unspecified atom stereocenters. The van der Waals surface area contributed by atoms with Crippen molar-refractivity contribution >= 4 is 11.6 Å². The van der Waals surface area contributed by atoms with Crippen molar-refractivity contribution in [3.63, 3.8) is 0 Å². The van der Waals surface area contributed by atoms with Crippen LogP contribution >= 0.6 is 11.6 Å². The van der Waals surface area contributed by atoms with Gasteiger partial charge in [-0.2, -0.15) is 5.10 Å². The molecule has 16 heavy (non-hydrogen) atoms. The third kappa shape index (κ3) is 1.75. The van der Waals surface area contributed by atoms with Crippen molar-refractivity contribution < 1.29 is 5.11 Å². The van der Waals surface area contributed by atoms with Crippen LogP contribution in [0.3, 0.4) is 0 Å². The summed E-state index contributed by atoms with van der Waals surface area (Å²) in [6, 6.07) is 0.166. The molecule has 1 aliphatic carbocycles. The summed E-state index contributed by atoms with van der Waals surface area (Å²) in [5, 5.41) is 15.4. The molecule has 1 atom stereocenters. The first kappa shape index (κ1) is 11.9. The molecule has 1 saturated carbocycles. The predicted molar refractivity (Wildman–Crippen MR) is 63.3 cm³/mol. The van der Waals surface area contributed by atoms with E-state index in [0.29, 0.717) is 10.7 Å². The van der Waals surface area contributed by atoms with Crippen LogP contribution in [-0.2, 0) is 5.60 Å². The van der Waals surface area contributed by atoms with Crippen LogP contribution in [0.4, 0.5) is 0 Å². The SMILES string of the molecule is CC(C)n1ncc(Cl)c1C(O)(CN)C1CC1. The molecule has 90 valence electrons. The van der Waals surface area contributed by atoms with Gasteiger partial charge in [0.1, 0.15) is 5.60 Å². The number of nitrogens with two attached hydrogens (primary N) is 1. The molecule has 1 aromatic rings. The quantitative estimate of drug-likeness (QED) is 0.846. The summed E-state index contributed by atoms with van der Waals surface area (Å²) in [7, 11) is 0. The van der Waals surface area contributed by atoms with E-state index in [0.717, 1.165) is 12.8 Å². The Morgan fingerprint density at radius 2 is 2.31 bits per heavy atom. The number of aromatic nitrogens is 2. The average Bonchev–Trinajstić information content (AvgIpc) is 3.01. The summed E-state index contributed by atoms with van der Waals surface area (Å²) in [4.78, 5) is 0. The number of hydrogen-bond donors (Lipinski definition) is 2. The normalized spacial score (nSPS) is 20.1. The molecule has 2 rings (SSSR count). The maximum absolute atomic E-state index is 10.7. The van der Waals surface area contributed by atoms with Crippen LogP contribution in [0.5, 0.6) is 0 Å². The van der Waals surface area contributed by atoms with Crippen molar-refractivity contribution in [2.24, 2.45) is 11.7 Å². The van der Waals surface area contributed by atoms with Crippen molar-refractivity contribution in [2.75, 3.05) is 6.54 Å². The molecular weight excluding hydrogens is 226 g/mol. The van der Waals surface area contributed by atoms with E-state index in [-0.39, 0.29) is 18.5 Å². The highest BCUT2D eigenvalue weighted by Gasteiger charge is 2.47. The van der Waals surface area contributed by atoms with E-state index in [4.69, 9.17) is 17.3 Å². The Labute approximate surface area is 100 Å². The van der Waals surface area contributed by atoms with Gasteiger partial charge in [0, 0.05) is 12.6 Å². The van der Waals surface area contributed by atoms with Crippen molar-refractivity contribution in [2.45, 2.75) is 38.3 Å². The molecule has 3 N–H and O–H groups in total. The molecular formula is C11H18ClN3O. The van der Waals surface area contributed by atoms with Crippen molar-refractivity contribution in [1.29, 1.82) is 0 Å². The van der Waals surface area contributed by atoms with E-state index >= 15 is 0 Å². The summed E-state index contributed by atoms with van der Waals surface area (Å²) >= 11 is 6.13. The minimum absolute atomic E-state index is 0.166. The lowest BCUT2D eigenvalue weighted by molar-refractivity contribution is 0.0124. The van der Waals surface area contributed by atoms with Crippen LogP contribution < -0.4 is 5.73 Å². The standard InChI is InChI=1S/C11H18ClN3O/c1-7(2)15-10(9(12)5-14-15)11(16,6-13)8-3-4-8/h5,7-8,16H,3-4,6,13H2,1-2H3. The second-order valence-electron chi connectivity index (χ2n) is 4.78. The molecule has 1 fully saturated rings. The lowest BCUT2D eigenvalue weighted by atomic mass is 9.93. The van der Waals surface area contributed by atoms with Crippen LogP contribution in [-0.4, -0.2) is 21.4 Å². The van der Waals surface area contributed by atoms with Gasteiger partial charge in [-0.25, -0.2) is 0 Å². The van der Waals surface area contributed by atoms with Gasteiger partial charge >= 0.3 is 0 Å². The summed E-state index contributed by atoms with van der Waals surface area (Å²) in [6.07, 6.45) is 3.60. The zero-order valence-corrected chi connectivity index (χ0v) is 10.4. The molecule has 4 nitrogen and oxygen atoms in total. The summed E-state index contributed by atoms with van der Waals surface area (Å²) in [5.74, 6) is 0.226. The number of rotatable bonds is 4. The van der Waals surface area contributed by atoms with E-state index < -0.39 is 5.60 Å². The van der Waals surface area contributed by atoms with E-state index in [2.05, 4.69) is 5.10 Å². The van der Waals surface area contributed by atoms with Gasteiger partial charge in [0.25, 0.3) is 0 Å². The van der Waals surface area contributed by atoms with Gasteiger partial charge < -0.3 is 10.8 Å². The molecule has 5 heteroatoms. The fourth-order valence-corrected chi connectivity index (χ4v) is 2.45. The third-order valence-corrected chi connectivity index (χ3v) is 3.49. The molecule has 0 radical (unpaired) electrons. The highest BCUT2D eigenvalue weighted by Crippen LogP contribution is 2.47. The maximum atomic E-state index is 10.7. The van der Waals surface area contributed by atoms with Gasteiger partial charge in [-0.3, -0.25) is 4.68 Å². The fourth-order valence-electron chi connectivity index (χ4n) is 2.16. The molecule has 0 aromatic carbocycles. The Balaban J connectivity index is 2.48. The van der Waals surface area contributed by atoms with Gasteiger partial charge in [0.15, 0.2) is 0 Å². The van der Waals surface area contributed by atoms with Gasteiger partial charge in [0.2, 0.25) is 0 Å². The Morgan fingerprint density at radius 3 is 2.75 bits per heavy atom. The monoisotopic (exact) mass is 243 g/mol. The average molecular weight is 244 g/mol. The Kier molecular flexibility index (Phi) is 2.99. The van der Waals surface area contributed by atoms with Crippen LogP contribution in [0.1, 0.15) is 38.4 Å². The summed E-state index contributed by atoms with van der Waals surface area (Å²) in [6.45, 7) is 4.21. The minimum atomic E-state index is -1.02. The molecule has 0 amide bonds. The van der Waals surface area contributed by atoms with Gasteiger partial charge in [-0.05, 0) is 32.6 Å². The third-order valence-electron chi connectivity index (χ3n) is 3.21. The zero-order valence-electron chi connectivity index (χ0n) is 9.65. The van der Waals surface area contributed by atoms with Crippen LogP contribution in [0.15, 0.2) is 6.20 Å². The van der Waals surface area contributed by atoms with E-state index in [1.54, 1.807) is 10.9 Å². The highest BCUT2D eigenvalue weighted by molar-refractivity contribution is 6.31. The number of halogens is 1. The molecule has 0 bridgehead atoms. The minimum Gasteiger partial charge on any atom is -0.382 e. The maximum Gasteiger partial charge on any atom is 0.123 e. The molecule has 0 saturated heterocycles. The molecule has 1 aromatic heterocycles. The van der Waals surface area contributed by atoms with Gasteiger partial charge in [0.05, 0.1) is 16.9 Å². The molecule has 1 aliphatic rings. The van der Waals surface area contributed by atoms with Crippen molar-refractivity contribution in [3.05, 3.63) is 16.9 Å². The van der Waals surface area contributed by atoms with E-state index in [1.165, 1.54) is 0 Å². The Hall–Kier alpha value is -0.580. The second-order valence-corrected chi connectivity index (χ2v) is 5.19. The summed E-state index contributed by atoms with van der Waals surface area (Å²) in [5.41, 5.74) is 5.39. The molecule has 0 spiro atoms. The first-order valence-corrected chi connectivity index (χ1v) is 6.04. The first-order chi connectivity index (χ1) is 7.50. The van der Waals surface area contributed by atoms with Gasteiger partial charge in [-0.15, -0.1) is 0 Å². The molecule has 1 heterocycles. The number of aliphatic hydroxyl groups is 1. The van der Waals surface area contributed by atoms with Crippen LogP contribution in [0, 0.1) is 5.92 Å².